The number of aliphatic imine (C=N–C) groups is 1. The van der Waals surface area contributed by atoms with Crippen LogP contribution in [-0.2, 0) is 4.79 Å². The number of hydrogen-bond donors (Lipinski definition) is 2. The third-order valence-electron chi connectivity index (χ3n) is 4.58. The third-order valence-corrected chi connectivity index (χ3v) is 4.58. The monoisotopic (exact) mass is 492 g/mol. The minimum absolute atomic E-state index is 0. The average Bonchev–Trinajstić information content (AvgIpc) is 2.65. The SMILES string of the molecule is CN=C(NCC(C)Oc1ccc(F)cc1)N1CCC(CC(=O)NC)CC1.I. The van der Waals surface area contributed by atoms with Gasteiger partial charge in [-0.3, -0.25) is 9.79 Å². The molecule has 1 heterocycles. The maximum absolute atomic E-state index is 12.9. The first-order valence-electron chi connectivity index (χ1n) is 9.10. The van der Waals surface area contributed by atoms with E-state index in [-0.39, 0.29) is 41.8 Å². The van der Waals surface area contributed by atoms with Gasteiger partial charge in [-0.1, -0.05) is 0 Å². The van der Waals surface area contributed by atoms with E-state index in [1.807, 2.05) is 6.92 Å². The molecule has 2 rings (SSSR count). The number of nitrogens with one attached hydrogen (secondary N) is 2. The molecule has 6 nitrogen and oxygen atoms in total. The van der Waals surface area contributed by atoms with Crippen LogP contribution in [0.15, 0.2) is 29.3 Å². The molecule has 152 valence electrons. The first-order chi connectivity index (χ1) is 12.5. The van der Waals surface area contributed by atoms with Gasteiger partial charge in [0.2, 0.25) is 5.91 Å². The number of carbonyl (C=O) groups is 1. The molecule has 2 N–H and O–H groups in total. The zero-order valence-electron chi connectivity index (χ0n) is 16.2. The number of nitrogens with zero attached hydrogens (tertiary/aromatic N) is 2. The van der Waals surface area contributed by atoms with E-state index >= 15 is 0 Å². The van der Waals surface area contributed by atoms with Crippen molar-refractivity contribution in [3.8, 4) is 5.75 Å². The molecule has 1 amide bonds. The Morgan fingerprint density at radius 2 is 1.96 bits per heavy atom. The van der Waals surface area contributed by atoms with Crippen LogP contribution in [0.5, 0.6) is 5.75 Å². The van der Waals surface area contributed by atoms with Gasteiger partial charge in [-0.2, -0.15) is 0 Å². The zero-order valence-corrected chi connectivity index (χ0v) is 18.5. The van der Waals surface area contributed by atoms with Crippen LogP contribution in [0.25, 0.3) is 0 Å². The minimum Gasteiger partial charge on any atom is -0.489 e. The van der Waals surface area contributed by atoms with Crippen molar-refractivity contribution in [2.75, 3.05) is 33.7 Å². The number of piperidine rings is 1. The number of hydrogen-bond acceptors (Lipinski definition) is 3. The molecule has 0 spiro atoms. The maximum Gasteiger partial charge on any atom is 0.220 e. The lowest BCUT2D eigenvalue weighted by Gasteiger charge is -2.34. The molecule has 1 aromatic carbocycles. The highest BCUT2D eigenvalue weighted by atomic mass is 127. The highest BCUT2D eigenvalue weighted by Crippen LogP contribution is 2.20. The minimum atomic E-state index is -0.275. The number of rotatable bonds is 6. The molecule has 1 fully saturated rings. The normalized spacial score (nSPS) is 16.3. The fourth-order valence-electron chi connectivity index (χ4n) is 3.07. The molecule has 8 heteroatoms. The molecule has 1 aliphatic heterocycles. The Morgan fingerprint density at radius 3 is 2.52 bits per heavy atom. The summed E-state index contributed by atoms with van der Waals surface area (Å²) in [6, 6.07) is 6.02. The number of amides is 1. The van der Waals surface area contributed by atoms with Gasteiger partial charge in [0.15, 0.2) is 5.96 Å². The molecule has 1 unspecified atom stereocenters. The molecule has 1 saturated heterocycles. The number of guanidine groups is 1. The van der Waals surface area contributed by atoms with E-state index in [9.17, 15) is 9.18 Å². The van der Waals surface area contributed by atoms with Gasteiger partial charge in [-0.25, -0.2) is 4.39 Å². The third kappa shape index (κ3) is 7.90. The predicted octanol–water partition coefficient (Wildman–Crippen LogP) is 2.63. The summed E-state index contributed by atoms with van der Waals surface area (Å²) in [4.78, 5) is 18.1. The molecule has 1 aliphatic rings. The molecule has 0 aromatic heterocycles. The van der Waals surface area contributed by atoms with Crippen molar-refractivity contribution in [3.05, 3.63) is 30.1 Å². The van der Waals surface area contributed by atoms with E-state index in [4.69, 9.17) is 4.74 Å². The average molecular weight is 492 g/mol. The number of carbonyl (C=O) groups excluding carboxylic acids is 1. The Kier molecular flexibility index (Phi) is 10.4. The van der Waals surface area contributed by atoms with Gasteiger partial charge in [0.05, 0.1) is 6.54 Å². The van der Waals surface area contributed by atoms with Crippen molar-refractivity contribution in [3.63, 3.8) is 0 Å². The van der Waals surface area contributed by atoms with E-state index in [0.717, 1.165) is 31.9 Å². The van der Waals surface area contributed by atoms with Gasteiger partial charge in [0.25, 0.3) is 0 Å². The first-order valence-corrected chi connectivity index (χ1v) is 9.10. The van der Waals surface area contributed by atoms with Gasteiger partial charge < -0.3 is 20.3 Å². The van der Waals surface area contributed by atoms with E-state index in [2.05, 4.69) is 20.5 Å². The van der Waals surface area contributed by atoms with Gasteiger partial charge >= 0.3 is 0 Å². The van der Waals surface area contributed by atoms with Crippen LogP contribution in [0.3, 0.4) is 0 Å². The Labute approximate surface area is 178 Å². The maximum atomic E-state index is 12.9. The molecule has 1 atom stereocenters. The fourth-order valence-corrected chi connectivity index (χ4v) is 3.07. The van der Waals surface area contributed by atoms with E-state index in [1.54, 1.807) is 26.2 Å². The van der Waals surface area contributed by atoms with E-state index in [0.29, 0.717) is 24.6 Å². The second-order valence-corrected chi connectivity index (χ2v) is 6.62. The molecule has 0 aliphatic carbocycles. The molecule has 27 heavy (non-hydrogen) atoms. The number of halogens is 2. The highest BCUT2D eigenvalue weighted by Gasteiger charge is 2.23. The van der Waals surface area contributed by atoms with Crippen molar-refractivity contribution >= 4 is 35.8 Å². The summed E-state index contributed by atoms with van der Waals surface area (Å²) in [5, 5.41) is 6.02. The van der Waals surface area contributed by atoms with Crippen LogP contribution in [-0.4, -0.2) is 56.6 Å². The van der Waals surface area contributed by atoms with Gasteiger partial charge in [-0.05, 0) is 49.9 Å². The Balaban J connectivity index is 0.00000364. The Morgan fingerprint density at radius 1 is 1.33 bits per heavy atom. The summed E-state index contributed by atoms with van der Waals surface area (Å²) in [7, 11) is 3.45. The second-order valence-electron chi connectivity index (χ2n) is 6.62. The summed E-state index contributed by atoms with van der Waals surface area (Å²) in [6.45, 7) is 4.32. The summed E-state index contributed by atoms with van der Waals surface area (Å²) in [5.74, 6) is 1.76. The molecular formula is C19H30FIN4O2. The quantitative estimate of drug-likeness (QED) is 0.364. The van der Waals surface area contributed by atoms with Crippen LogP contribution in [0.1, 0.15) is 26.2 Å². The van der Waals surface area contributed by atoms with Crippen molar-refractivity contribution in [2.24, 2.45) is 10.9 Å². The molecular weight excluding hydrogens is 462 g/mol. The summed E-state index contributed by atoms with van der Waals surface area (Å²) >= 11 is 0. The summed E-state index contributed by atoms with van der Waals surface area (Å²) < 4.78 is 18.7. The van der Waals surface area contributed by atoms with Crippen molar-refractivity contribution in [2.45, 2.75) is 32.3 Å². The Bertz CT molecular complexity index is 604. The standard InChI is InChI=1S/C19H29FN4O2.HI/c1-14(26-17-6-4-16(20)5-7-17)13-23-19(22-3)24-10-8-15(9-11-24)12-18(25)21-2;/h4-7,14-15H,8-13H2,1-3H3,(H,21,25)(H,22,23);1H. The lowest BCUT2D eigenvalue weighted by atomic mass is 9.93. The van der Waals surface area contributed by atoms with Gasteiger partial charge in [0, 0.05) is 33.6 Å². The first kappa shape index (κ1) is 23.5. The van der Waals surface area contributed by atoms with E-state index < -0.39 is 0 Å². The summed E-state index contributed by atoms with van der Waals surface area (Å²) in [5.41, 5.74) is 0. The van der Waals surface area contributed by atoms with Crippen molar-refractivity contribution < 1.29 is 13.9 Å². The molecule has 1 aromatic rings. The van der Waals surface area contributed by atoms with Crippen LogP contribution < -0.4 is 15.4 Å². The van der Waals surface area contributed by atoms with Crippen molar-refractivity contribution in [1.29, 1.82) is 0 Å². The topological polar surface area (TPSA) is 66.0 Å². The zero-order chi connectivity index (χ0) is 18.9. The Hall–Kier alpha value is -1.58. The van der Waals surface area contributed by atoms with Crippen LogP contribution >= 0.6 is 24.0 Å². The fraction of sp³-hybridized carbons (Fsp3) is 0.579. The number of ether oxygens (including phenoxy) is 1. The number of benzene rings is 1. The number of likely N-dealkylation sites (tertiary alicyclic amines) is 1. The van der Waals surface area contributed by atoms with Crippen LogP contribution in [0.2, 0.25) is 0 Å². The van der Waals surface area contributed by atoms with Crippen LogP contribution in [0, 0.1) is 11.7 Å². The molecule has 0 saturated carbocycles. The summed E-state index contributed by atoms with van der Waals surface area (Å²) in [6.07, 6.45) is 2.48. The van der Waals surface area contributed by atoms with Crippen LogP contribution in [0.4, 0.5) is 4.39 Å². The van der Waals surface area contributed by atoms with Crippen molar-refractivity contribution in [1.82, 2.24) is 15.5 Å². The highest BCUT2D eigenvalue weighted by molar-refractivity contribution is 14.0. The predicted molar refractivity (Wildman–Crippen MR) is 116 cm³/mol. The molecule has 0 radical (unpaired) electrons. The largest absolute Gasteiger partial charge is 0.489 e. The lowest BCUT2D eigenvalue weighted by Crippen LogP contribution is -2.48. The smallest absolute Gasteiger partial charge is 0.220 e. The lowest BCUT2D eigenvalue weighted by molar-refractivity contribution is -0.121. The second kappa shape index (κ2) is 12.0. The van der Waals surface area contributed by atoms with Gasteiger partial charge in [0.1, 0.15) is 17.7 Å². The molecule has 0 bridgehead atoms. The van der Waals surface area contributed by atoms with Gasteiger partial charge in [-0.15, -0.1) is 24.0 Å². The van der Waals surface area contributed by atoms with E-state index in [1.165, 1.54) is 12.1 Å².